The normalized spacial score (nSPS) is 28.0. The summed E-state index contributed by atoms with van der Waals surface area (Å²) in [7, 11) is -4.02. The van der Waals surface area contributed by atoms with E-state index in [9.17, 15) is 18.3 Å². The molecule has 0 bridgehead atoms. The molecule has 3 atom stereocenters. The molecule has 1 fully saturated rings. The fourth-order valence-corrected chi connectivity index (χ4v) is 4.24. The maximum Gasteiger partial charge on any atom is 0.261 e. The third-order valence-electron chi connectivity index (χ3n) is 3.50. The van der Waals surface area contributed by atoms with Crippen LogP contribution in [0.3, 0.4) is 0 Å². The maximum absolute atomic E-state index is 12.7. The van der Waals surface area contributed by atoms with Gasteiger partial charge in [0.2, 0.25) is 5.91 Å². The van der Waals surface area contributed by atoms with Crippen molar-refractivity contribution < 1.29 is 18.3 Å². The van der Waals surface area contributed by atoms with Crippen LogP contribution < -0.4 is 5.73 Å². The molecule has 0 aliphatic carbocycles. The molecule has 3 N–H and O–H groups in total. The van der Waals surface area contributed by atoms with Crippen LogP contribution in [0.25, 0.3) is 0 Å². The molecule has 0 spiro atoms. The summed E-state index contributed by atoms with van der Waals surface area (Å²) in [5.41, 5.74) is 5.31. The van der Waals surface area contributed by atoms with Crippen LogP contribution >= 0.6 is 0 Å². The Morgan fingerprint density at radius 2 is 2.19 bits per heavy atom. The Balaban J connectivity index is 2.52. The van der Waals surface area contributed by atoms with E-state index in [-0.39, 0.29) is 5.03 Å². The molecule has 1 radical (unpaired) electrons. The minimum atomic E-state index is -4.02. The van der Waals surface area contributed by atoms with Crippen LogP contribution in [0.1, 0.15) is 19.8 Å². The average molecular weight is 312 g/mol. The van der Waals surface area contributed by atoms with E-state index in [0.717, 1.165) is 4.31 Å². The number of amides is 1. The van der Waals surface area contributed by atoms with Crippen molar-refractivity contribution in [3.05, 3.63) is 30.8 Å². The van der Waals surface area contributed by atoms with Crippen molar-refractivity contribution in [2.24, 2.45) is 5.73 Å². The van der Waals surface area contributed by atoms with Crippen molar-refractivity contribution in [1.29, 1.82) is 0 Å². The second kappa shape index (κ2) is 6.08. The maximum atomic E-state index is 12.7. The van der Waals surface area contributed by atoms with Crippen LogP contribution in [0, 0.1) is 6.42 Å². The summed E-state index contributed by atoms with van der Waals surface area (Å²) in [5, 5.41) is 9.87. The Morgan fingerprint density at radius 3 is 2.76 bits per heavy atom. The molecule has 2 rings (SSSR count). The molecule has 1 aromatic heterocycles. The standard InChI is InChI=1S/C13H18N3O4S/c1-9-5-4-6-10(17)12(13(14)18)16(9)21(19,20)11-7-2-3-8-15-11/h2-3,6-10,12,17H,4-5H2,1H3,(H2,14,18)/t9-,10?,12?/m1/s1. The summed E-state index contributed by atoms with van der Waals surface area (Å²) in [6.07, 6.45) is 2.63. The van der Waals surface area contributed by atoms with Crippen LogP contribution in [0.4, 0.5) is 0 Å². The van der Waals surface area contributed by atoms with Gasteiger partial charge in [-0.05, 0) is 38.3 Å². The molecular formula is C13H18N3O4S. The molecule has 8 heteroatoms. The van der Waals surface area contributed by atoms with Crippen LogP contribution in [-0.2, 0) is 14.8 Å². The van der Waals surface area contributed by atoms with Gasteiger partial charge in [-0.1, -0.05) is 6.07 Å². The number of carbonyl (C=O) groups is 1. The molecular weight excluding hydrogens is 294 g/mol. The molecule has 2 unspecified atom stereocenters. The third kappa shape index (κ3) is 3.07. The van der Waals surface area contributed by atoms with Gasteiger partial charge in [-0.15, -0.1) is 0 Å². The zero-order valence-corrected chi connectivity index (χ0v) is 12.4. The van der Waals surface area contributed by atoms with Gasteiger partial charge in [-0.2, -0.15) is 4.31 Å². The number of aliphatic hydroxyl groups excluding tert-OH is 1. The number of nitrogens with zero attached hydrogens (tertiary/aromatic N) is 2. The van der Waals surface area contributed by atoms with Gasteiger partial charge < -0.3 is 10.8 Å². The fourth-order valence-electron chi connectivity index (χ4n) is 2.48. The predicted octanol–water partition coefficient (Wildman–Crippen LogP) is -0.326. The number of hydrogen-bond acceptors (Lipinski definition) is 5. The molecule has 1 aromatic rings. The summed E-state index contributed by atoms with van der Waals surface area (Å²) in [6.45, 7) is 1.68. The Bertz CT molecular complexity index is 605. The highest BCUT2D eigenvalue weighted by Crippen LogP contribution is 2.27. The second-order valence-electron chi connectivity index (χ2n) is 5.00. The molecule has 7 nitrogen and oxygen atoms in total. The van der Waals surface area contributed by atoms with Gasteiger partial charge in [-0.25, -0.2) is 13.4 Å². The van der Waals surface area contributed by atoms with Crippen molar-refractivity contribution in [2.75, 3.05) is 0 Å². The van der Waals surface area contributed by atoms with E-state index in [2.05, 4.69) is 4.98 Å². The van der Waals surface area contributed by atoms with E-state index in [1.165, 1.54) is 18.7 Å². The second-order valence-corrected chi connectivity index (χ2v) is 6.79. The van der Waals surface area contributed by atoms with Crippen LogP contribution in [0.15, 0.2) is 29.4 Å². The first-order valence-electron chi connectivity index (χ1n) is 6.61. The number of pyridine rings is 1. The largest absolute Gasteiger partial charge is 0.391 e. The van der Waals surface area contributed by atoms with Crippen molar-refractivity contribution >= 4 is 15.9 Å². The van der Waals surface area contributed by atoms with Gasteiger partial charge >= 0.3 is 0 Å². The van der Waals surface area contributed by atoms with E-state index in [1.807, 2.05) is 0 Å². The highest BCUT2D eigenvalue weighted by Gasteiger charge is 2.44. The number of primary amides is 1. The molecule has 1 amide bonds. The van der Waals surface area contributed by atoms with E-state index in [4.69, 9.17) is 5.73 Å². The lowest BCUT2D eigenvalue weighted by molar-refractivity contribution is -0.124. The SMILES string of the molecule is C[C@@H]1CC[CH]C(O)C(C(N)=O)N1S(=O)(=O)c1ccccn1. The Kier molecular flexibility index (Phi) is 4.60. The molecule has 21 heavy (non-hydrogen) atoms. The van der Waals surface area contributed by atoms with Crippen molar-refractivity contribution in [3.8, 4) is 0 Å². The number of carbonyl (C=O) groups excluding carboxylic acids is 1. The first kappa shape index (κ1) is 15.9. The number of sulfonamides is 1. The quantitative estimate of drug-likeness (QED) is 0.793. The molecule has 0 aromatic carbocycles. The summed E-state index contributed by atoms with van der Waals surface area (Å²) in [5.74, 6) is -0.882. The lowest BCUT2D eigenvalue weighted by Crippen LogP contribution is -2.56. The predicted molar refractivity (Wildman–Crippen MR) is 75.2 cm³/mol. The number of aromatic nitrogens is 1. The van der Waals surface area contributed by atoms with Crippen molar-refractivity contribution in [3.63, 3.8) is 0 Å². The van der Waals surface area contributed by atoms with Crippen LogP contribution in [0.5, 0.6) is 0 Å². The Labute approximate surface area is 123 Å². The number of aliphatic hydroxyl groups is 1. The van der Waals surface area contributed by atoms with Crippen molar-refractivity contribution in [1.82, 2.24) is 9.29 Å². The smallest absolute Gasteiger partial charge is 0.261 e. The first-order chi connectivity index (χ1) is 9.85. The number of hydrogen-bond donors (Lipinski definition) is 2. The molecule has 1 saturated heterocycles. The summed E-state index contributed by atoms with van der Waals surface area (Å²) in [6, 6.07) is 2.70. The van der Waals surface area contributed by atoms with Gasteiger partial charge in [0.25, 0.3) is 10.0 Å². The topological polar surface area (TPSA) is 114 Å². The number of nitrogens with two attached hydrogens (primary N) is 1. The summed E-state index contributed by atoms with van der Waals surface area (Å²) in [4.78, 5) is 15.5. The van der Waals surface area contributed by atoms with E-state index in [0.29, 0.717) is 12.8 Å². The summed E-state index contributed by atoms with van der Waals surface area (Å²) >= 11 is 0. The van der Waals surface area contributed by atoms with Gasteiger partial charge in [-0.3, -0.25) is 4.79 Å². The number of rotatable bonds is 3. The Morgan fingerprint density at radius 1 is 1.48 bits per heavy atom. The average Bonchev–Trinajstić information content (AvgIpc) is 2.59. The van der Waals surface area contributed by atoms with Gasteiger partial charge in [0.15, 0.2) is 5.03 Å². The van der Waals surface area contributed by atoms with E-state index in [1.54, 1.807) is 19.1 Å². The van der Waals surface area contributed by atoms with Crippen molar-refractivity contribution in [2.45, 2.75) is 43.0 Å². The lowest BCUT2D eigenvalue weighted by Gasteiger charge is -2.32. The minimum absolute atomic E-state index is 0.169. The molecule has 0 saturated carbocycles. The first-order valence-corrected chi connectivity index (χ1v) is 8.05. The van der Waals surface area contributed by atoms with Gasteiger partial charge in [0, 0.05) is 12.2 Å². The Hall–Kier alpha value is -1.51. The molecule has 115 valence electrons. The van der Waals surface area contributed by atoms with Gasteiger partial charge in [0.1, 0.15) is 6.04 Å². The molecule has 1 aliphatic rings. The lowest BCUT2D eigenvalue weighted by atomic mass is 10.1. The highest BCUT2D eigenvalue weighted by molar-refractivity contribution is 7.89. The monoisotopic (exact) mass is 312 g/mol. The van der Waals surface area contributed by atoms with E-state index >= 15 is 0 Å². The highest BCUT2D eigenvalue weighted by atomic mass is 32.2. The molecule has 1 aliphatic heterocycles. The zero-order chi connectivity index (χ0) is 15.6. The third-order valence-corrected chi connectivity index (χ3v) is 5.41. The zero-order valence-electron chi connectivity index (χ0n) is 11.6. The van der Waals surface area contributed by atoms with E-state index < -0.39 is 34.1 Å². The minimum Gasteiger partial charge on any atom is -0.391 e. The fraction of sp³-hybridized carbons (Fsp3) is 0.462. The van der Waals surface area contributed by atoms with Gasteiger partial charge in [0.05, 0.1) is 6.10 Å². The van der Waals surface area contributed by atoms with Crippen LogP contribution in [0.2, 0.25) is 0 Å². The van der Waals surface area contributed by atoms with Crippen LogP contribution in [-0.4, -0.2) is 46.9 Å². The molecule has 2 heterocycles. The summed E-state index contributed by atoms with van der Waals surface area (Å²) < 4.78 is 26.5.